The van der Waals surface area contributed by atoms with Crippen LogP contribution in [-0.2, 0) is 18.3 Å². The maximum absolute atomic E-state index is 14.3. The van der Waals surface area contributed by atoms with Gasteiger partial charge < -0.3 is 5.11 Å². The maximum atomic E-state index is 14.3. The molecule has 0 saturated heterocycles. The molecular weight excluding hydrogens is 401 g/mol. The molecule has 0 aliphatic heterocycles. The highest BCUT2D eigenvalue weighted by Crippen LogP contribution is 2.48. The van der Waals surface area contributed by atoms with Crippen LogP contribution in [-0.4, -0.2) is 21.9 Å². The summed E-state index contributed by atoms with van der Waals surface area (Å²) in [4.78, 5) is 7.66. The van der Waals surface area contributed by atoms with Gasteiger partial charge in [-0.3, -0.25) is 4.98 Å². The predicted molar refractivity (Wildman–Crippen MR) is 114 cm³/mol. The Kier molecular flexibility index (Phi) is 5.26. The summed E-state index contributed by atoms with van der Waals surface area (Å²) in [6.45, 7) is 9.00. The Labute approximate surface area is 179 Å². The molecule has 3 nitrogen and oxygen atoms in total. The Morgan fingerprint density at radius 1 is 1.16 bits per heavy atom. The molecule has 2 atom stereocenters. The van der Waals surface area contributed by atoms with E-state index in [2.05, 4.69) is 9.83 Å². The second kappa shape index (κ2) is 7.65. The van der Waals surface area contributed by atoms with E-state index in [4.69, 9.17) is 6.57 Å². The minimum absolute atomic E-state index is 0.424. The summed E-state index contributed by atoms with van der Waals surface area (Å²) in [7, 11) is 0. The Morgan fingerprint density at radius 2 is 1.94 bits per heavy atom. The van der Waals surface area contributed by atoms with Gasteiger partial charge in [0.05, 0.1) is 12.1 Å². The van der Waals surface area contributed by atoms with Gasteiger partial charge in [0.25, 0.3) is 0 Å². The van der Waals surface area contributed by atoms with Crippen LogP contribution in [0, 0.1) is 6.57 Å². The van der Waals surface area contributed by atoms with Crippen molar-refractivity contribution in [2.45, 2.75) is 56.2 Å². The molecule has 4 rings (SSSR count). The summed E-state index contributed by atoms with van der Waals surface area (Å²) in [5, 5.41) is 11.7. The van der Waals surface area contributed by atoms with Crippen LogP contribution < -0.4 is 0 Å². The van der Waals surface area contributed by atoms with Gasteiger partial charge in [0.1, 0.15) is 0 Å². The van der Waals surface area contributed by atoms with Crippen molar-refractivity contribution < 1.29 is 18.3 Å². The summed E-state index contributed by atoms with van der Waals surface area (Å²) in [6.07, 6.45) is -2.29. The molecule has 31 heavy (non-hydrogen) atoms. The molecule has 1 aliphatic rings. The smallest absolute Gasteiger partial charge is 0.380 e. The molecule has 0 bridgehead atoms. The van der Waals surface area contributed by atoms with Crippen LogP contribution in [0.25, 0.3) is 15.7 Å². The molecule has 0 spiro atoms. The zero-order valence-electron chi connectivity index (χ0n) is 17.2. The van der Waals surface area contributed by atoms with Gasteiger partial charge in [-0.25, -0.2) is 4.85 Å². The molecule has 2 aromatic carbocycles. The van der Waals surface area contributed by atoms with E-state index in [1.165, 1.54) is 6.20 Å². The average Bonchev–Trinajstić information content (AvgIpc) is 2.73. The molecule has 1 N–H and O–H groups in total. The largest absolute Gasteiger partial charge is 0.417 e. The number of alkyl halides is 3. The number of aromatic nitrogens is 1. The molecule has 1 aliphatic carbocycles. The number of aliphatic hydroxyl groups is 1. The van der Waals surface area contributed by atoms with Crippen molar-refractivity contribution in [1.82, 2.24) is 4.98 Å². The lowest BCUT2D eigenvalue weighted by molar-refractivity contribution is -0.267. The SMILES string of the molecule is [C-]#[N+]c1ccc2c(c1)CCCC2(C)CC(O)(Cc1ccnc2ccccc12)C(F)(F)F. The Hall–Kier alpha value is -2.91. The highest BCUT2D eigenvalue weighted by atomic mass is 19.4. The van der Waals surface area contributed by atoms with Crippen LogP contribution >= 0.6 is 0 Å². The lowest BCUT2D eigenvalue weighted by Gasteiger charge is -2.43. The van der Waals surface area contributed by atoms with Crippen LogP contribution in [0.5, 0.6) is 0 Å². The second-order valence-corrected chi connectivity index (χ2v) is 8.74. The van der Waals surface area contributed by atoms with Crippen molar-refractivity contribution in [3.05, 3.63) is 82.8 Å². The van der Waals surface area contributed by atoms with Gasteiger partial charge in [0.2, 0.25) is 0 Å². The van der Waals surface area contributed by atoms with Gasteiger partial charge in [0.15, 0.2) is 11.3 Å². The number of benzene rings is 2. The summed E-state index contributed by atoms with van der Waals surface area (Å²) < 4.78 is 42.9. The van der Waals surface area contributed by atoms with E-state index in [-0.39, 0.29) is 0 Å². The molecule has 0 radical (unpaired) electrons. The van der Waals surface area contributed by atoms with Gasteiger partial charge >= 0.3 is 6.18 Å². The standard InChI is InChI=1S/C25H23F3N2O/c1-23(12-5-6-17-14-19(29-2)9-10-21(17)23)16-24(31,25(26,27)28)15-18-11-13-30-22-8-4-3-7-20(18)22/h3-4,7-11,13-14,31H,5-6,12,15-16H2,1H3. The van der Waals surface area contributed by atoms with Crippen LogP contribution in [0.2, 0.25) is 0 Å². The summed E-state index contributed by atoms with van der Waals surface area (Å²) in [5.41, 5.74) is -0.522. The van der Waals surface area contributed by atoms with Crippen LogP contribution in [0.1, 0.15) is 42.9 Å². The molecule has 1 heterocycles. The molecule has 6 heteroatoms. The third-order valence-electron chi connectivity index (χ3n) is 6.48. The molecule has 1 aromatic heterocycles. The van der Waals surface area contributed by atoms with Crippen LogP contribution in [0.4, 0.5) is 18.9 Å². The number of hydrogen-bond acceptors (Lipinski definition) is 2. The number of para-hydroxylation sites is 1. The van der Waals surface area contributed by atoms with Gasteiger partial charge in [-0.15, -0.1) is 0 Å². The Bertz CT molecular complexity index is 1160. The third-order valence-corrected chi connectivity index (χ3v) is 6.48. The molecule has 160 valence electrons. The fourth-order valence-corrected chi connectivity index (χ4v) is 4.97. The van der Waals surface area contributed by atoms with E-state index in [1.54, 1.807) is 55.5 Å². The van der Waals surface area contributed by atoms with Gasteiger partial charge in [-0.05, 0) is 54.4 Å². The number of hydrogen-bond donors (Lipinski definition) is 1. The lowest BCUT2D eigenvalue weighted by atomic mass is 9.65. The molecule has 0 fully saturated rings. The van der Waals surface area contributed by atoms with Gasteiger partial charge in [0, 0.05) is 18.0 Å². The Morgan fingerprint density at radius 3 is 2.68 bits per heavy atom. The number of pyridine rings is 1. The van der Waals surface area contributed by atoms with E-state index in [9.17, 15) is 18.3 Å². The summed E-state index contributed by atoms with van der Waals surface area (Å²) >= 11 is 0. The molecular formula is C25H23F3N2O. The van der Waals surface area contributed by atoms with Gasteiger partial charge in [-0.2, -0.15) is 13.2 Å². The van der Waals surface area contributed by atoms with E-state index >= 15 is 0 Å². The van der Waals surface area contributed by atoms with Crippen molar-refractivity contribution in [1.29, 1.82) is 0 Å². The quantitative estimate of drug-likeness (QED) is 0.499. The first-order valence-corrected chi connectivity index (χ1v) is 10.3. The normalized spacial score (nSPS) is 20.6. The highest BCUT2D eigenvalue weighted by Gasteiger charge is 2.57. The van der Waals surface area contributed by atoms with E-state index in [1.807, 2.05) is 0 Å². The van der Waals surface area contributed by atoms with Gasteiger partial charge in [-0.1, -0.05) is 48.9 Å². The molecule has 0 saturated carbocycles. The first-order valence-electron chi connectivity index (χ1n) is 10.3. The van der Waals surface area contributed by atoms with E-state index in [0.29, 0.717) is 28.6 Å². The van der Waals surface area contributed by atoms with Crippen LogP contribution in [0.15, 0.2) is 54.7 Å². The fourth-order valence-electron chi connectivity index (χ4n) is 4.97. The molecule has 2 unspecified atom stereocenters. The third kappa shape index (κ3) is 3.90. The Balaban J connectivity index is 1.75. The first kappa shape index (κ1) is 21.3. The van der Waals surface area contributed by atoms with Crippen molar-refractivity contribution in [3.63, 3.8) is 0 Å². The zero-order chi connectivity index (χ0) is 22.3. The minimum Gasteiger partial charge on any atom is -0.380 e. The fraction of sp³-hybridized carbons (Fsp3) is 0.360. The maximum Gasteiger partial charge on any atom is 0.417 e. The van der Waals surface area contributed by atoms with Crippen LogP contribution in [0.3, 0.4) is 0 Å². The summed E-state index contributed by atoms with van der Waals surface area (Å²) in [6, 6.07) is 13.8. The zero-order valence-corrected chi connectivity index (χ0v) is 17.2. The van der Waals surface area contributed by atoms with E-state index in [0.717, 1.165) is 24.0 Å². The number of rotatable bonds is 4. The minimum atomic E-state index is -4.80. The van der Waals surface area contributed by atoms with Crippen molar-refractivity contribution in [2.24, 2.45) is 0 Å². The number of halogens is 3. The number of nitrogens with zero attached hydrogens (tertiary/aromatic N) is 2. The highest BCUT2D eigenvalue weighted by molar-refractivity contribution is 5.82. The van der Waals surface area contributed by atoms with Crippen molar-refractivity contribution in [3.8, 4) is 0 Å². The lowest BCUT2D eigenvalue weighted by Crippen LogP contribution is -2.52. The summed E-state index contributed by atoms with van der Waals surface area (Å²) in [5.74, 6) is 0. The number of fused-ring (bicyclic) bond motifs is 2. The first-order chi connectivity index (χ1) is 14.7. The number of aryl methyl sites for hydroxylation is 1. The topological polar surface area (TPSA) is 37.5 Å². The average molecular weight is 424 g/mol. The van der Waals surface area contributed by atoms with Crippen molar-refractivity contribution >= 4 is 16.6 Å². The monoisotopic (exact) mass is 424 g/mol. The van der Waals surface area contributed by atoms with E-state index < -0.39 is 30.0 Å². The molecule has 0 amide bonds. The molecule has 3 aromatic rings. The predicted octanol–water partition coefficient (Wildman–Crippen LogP) is 6.31. The second-order valence-electron chi connectivity index (χ2n) is 8.74. The van der Waals surface area contributed by atoms with Crippen molar-refractivity contribution in [2.75, 3.05) is 0 Å².